The van der Waals surface area contributed by atoms with Crippen molar-refractivity contribution in [1.29, 1.82) is 0 Å². The number of nitrogens with one attached hydrogen (secondary N) is 2. The summed E-state index contributed by atoms with van der Waals surface area (Å²) in [5, 5.41) is 13.9. The highest BCUT2D eigenvalue weighted by Crippen LogP contribution is 2.07. The summed E-state index contributed by atoms with van der Waals surface area (Å²) in [6, 6.07) is 1.33. The molecule has 6 nitrogen and oxygen atoms in total. The van der Waals surface area contributed by atoms with E-state index < -0.39 is 5.97 Å². The van der Waals surface area contributed by atoms with E-state index >= 15 is 0 Å². The number of carbonyl (C=O) groups is 2. The minimum Gasteiger partial charge on any atom is -0.478 e. The van der Waals surface area contributed by atoms with Gasteiger partial charge in [0, 0.05) is 6.20 Å². The Morgan fingerprint density at radius 3 is 2.88 bits per heavy atom. The Balaban J connectivity index is 2.57. The zero-order valence-corrected chi connectivity index (χ0v) is 8.93. The number of rotatable bonds is 5. The number of nitrogens with zero attached hydrogens (tertiary/aromatic N) is 1. The van der Waals surface area contributed by atoms with Crippen molar-refractivity contribution in [1.82, 2.24) is 10.3 Å². The molecular formula is C11H11N3O3. The van der Waals surface area contributed by atoms with Gasteiger partial charge in [0.2, 0.25) is 5.91 Å². The van der Waals surface area contributed by atoms with Gasteiger partial charge in [-0.1, -0.05) is 5.92 Å². The smallest absolute Gasteiger partial charge is 0.337 e. The van der Waals surface area contributed by atoms with E-state index in [9.17, 15) is 9.59 Å². The van der Waals surface area contributed by atoms with Crippen LogP contribution in [0.1, 0.15) is 10.4 Å². The molecule has 0 atom stereocenters. The van der Waals surface area contributed by atoms with E-state index in [4.69, 9.17) is 11.5 Å². The van der Waals surface area contributed by atoms with E-state index in [1.165, 1.54) is 18.5 Å². The average molecular weight is 233 g/mol. The first kappa shape index (κ1) is 12.7. The number of amides is 1. The molecule has 1 rings (SSSR count). The molecule has 0 unspecified atom stereocenters. The maximum Gasteiger partial charge on any atom is 0.337 e. The molecule has 1 amide bonds. The van der Waals surface area contributed by atoms with E-state index in [-0.39, 0.29) is 18.0 Å². The summed E-state index contributed by atoms with van der Waals surface area (Å²) in [5.41, 5.74) is 0.344. The lowest BCUT2D eigenvalue weighted by Gasteiger charge is -2.05. The summed E-state index contributed by atoms with van der Waals surface area (Å²) < 4.78 is 0. The first-order valence-electron chi connectivity index (χ1n) is 4.76. The van der Waals surface area contributed by atoms with E-state index in [2.05, 4.69) is 21.5 Å². The van der Waals surface area contributed by atoms with Crippen molar-refractivity contribution in [2.45, 2.75) is 0 Å². The van der Waals surface area contributed by atoms with Crippen LogP contribution in [0, 0.1) is 12.3 Å². The van der Waals surface area contributed by atoms with Crippen LogP contribution in [-0.4, -0.2) is 35.1 Å². The van der Waals surface area contributed by atoms with Gasteiger partial charge < -0.3 is 10.4 Å². The van der Waals surface area contributed by atoms with Crippen molar-refractivity contribution in [2.75, 3.05) is 18.4 Å². The Bertz CT molecular complexity index is 465. The lowest BCUT2D eigenvalue weighted by atomic mass is 10.2. The number of hydrogen-bond acceptors (Lipinski definition) is 4. The quantitative estimate of drug-likeness (QED) is 0.489. The molecule has 0 radical (unpaired) electrons. The van der Waals surface area contributed by atoms with Crippen LogP contribution in [0.25, 0.3) is 0 Å². The maximum atomic E-state index is 11.4. The van der Waals surface area contributed by atoms with E-state index in [0.29, 0.717) is 12.2 Å². The second-order valence-corrected chi connectivity index (χ2v) is 3.12. The van der Waals surface area contributed by atoms with Gasteiger partial charge in [-0.2, -0.15) is 0 Å². The summed E-state index contributed by atoms with van der Waals surface area (Å²) in [4.78, 5) is 25.7. The van der Waals surface area contributed by atoms with Gasteiger partial charge in [-0.15, -0.1) is 6.42 Å². The first-order valence-corrected chi connectivity index (χ1v) is 4.76. The molecule has 0 fully saturated rings. The molecule has 1 aromatic heterocycles. The largest absolute Gasteiger partial charge is 0.478 e. The Kier molecular flexibility index (Phi) is 4.66. The van der Waals surface area contributed by atoms with Crippen LogP contribution in [0.2, 0.25) is 0 Å². The fourth-order valence-electron chi connectivity index (χ4n) is 1.08. The standard InChI is InChI=1S/C11H11N3O3/c1-2-3-12-7-10(15)14-9-4-8(11(16)17)5-13-6-9/h1,4-6,12H,3,7H2,(H,14,15)(H,16,17). The second kappa shape index (κ2) is 6.25. The topological polar surface area (TPSA) is 91.3 Å². The number of carbonyl (C=O) groups excluding carboxylic acids is 1. The van der Waals surface area contributed by atoms with Gasteiger partial charge >= 0.3 is 5.97 Å². The van der Waals surface area contributed by atoms with Crippen molar-refractivity contribution >= 4 is 17.6 Å². The summed E-state index contributed by atoms with van der Waals surface area (Å²) in [6.07, 6.45) is 7.57. The highest BCUT2D eigenvalue weighted by atomic mass is 16.4. The van der Waals surface area contributed by atoms with Gasteiger partial charge in [0.15, 0.2) is 0 Å². The maximum absolute atomic E-state index is 11.4. The Labute approximate surface area is 98.1 Å². The molecule has 0 saturated carbocycles. The van der Waals surface area contributed by atoms with Crippen molar-refractivity contribution in [3.05, 3.63) is 24.0 Å². The van der Waals surface area contributed by atoms with Crippen LogP contribution in [0.5, 0.6) is 0 Å². The summed E-state index contributed by atoms with van der Waals surface area (Å²) in [5.74, 6) is 0.917. The van der Waals surface area contributed by atoms with E-state index in [1.807, 2.05) is 0 Å². The molecule has 0 saturated heterocycles. The summed E-state index contributed by atoms with van der Waals surface area (Å²) >= 11 is 0. The van der Waals surface area contributed by atoms with Gasteiger partial charge in [-0.3, -0.25) is 15.1 Å². The number of aromatic nitrogens is 1. The van der Waals surface area contributed by atoms with Crippen LogP contribution < -0.4 is 10.6 Å². The molecule has 1 heterocycles. The number of carboxylic acids is 1. The van der Waals surface area contributed by atoms with E-state index in [0.717, 1.165) is 0 Å². The second-order valence-electron chi connectivity index (χ2n) is 3.12. The van der Waals surface area contributed by atoms with Gasteiger partial charge in [0.05, 0.1) is 30.5 Å². The minimum atomic E-state index is -1.10. The molecular weight excluding hydrogens is 222 g/mol. The van der Waals surface area contributed by atoms with Gasteiger partial charge in [0.1, 0.15) is 0 Å². The van der Waals surface area contributed by atoms with E-state index in [1.54, 1.807) is 0 Å². The van der Waals surface area contributed by atoms with Crippen LogP contribution >= 0.6 is 0 Å². The number of carboxylic acid groups (broad SMARTS) is 1. The third-order valence-electron chi connectivity index (χ3n) is 1.78. The SMILES string of the molecule is C#CCNCC(=O)Nc1cncc(C(=O)O)c1. The lowest BCUT2D eigenvalue weighted by molar-refractivity contribution is -0.115. The average Bonchev–Trinajstić information content (AvgIpc) is 2.29. The molecule has 0 bridgehead atoms. The predicted molar refractivity (Wildman–Crippen MR) is 61.5 cm³/mol. The first-order chi connectivity index (χ1) is 8.13. The number of anilines is 1. The van der Waals surface area contributed by atoms with Crippen LogP contribution in [0.15, 0.2) is 18.5 Å². The zero-order valence-electron chi connectivity index (χ0n) is 8.93. The number of pyridine rings is 1. The summed E-state index contributed by atoms with van der Waals surface area (Å²) in [6.45, 7) is 0.350. The molecule has 0 aliphatic carbocycles. The Morgan fingerprint density at radius 1 is 1.47 bits per heavy atom. The third-order valence-corrected chi connectivity index (χ3v) is 1.78. The van der Waals surface area contributed by atoms with Crippen LogP contribution in [-0.2, 0) is 4.79 Å². The highest BCUT2D eigenvalue weighted by molar-refractivity contribution is 5.94. The monoisotopic (exact) mass is 233 g/mol. The molecule has 0 aromatic carbocycles. The molecule has 17 heavy (non-hydrogen) atoms. The molecule has 0 aliphatic heterocycles. The number of terminal acetylenes is 1. The fourth-order valence-corrected chi connectivity index (χ4v) is 1.08. The molecule has 0 spiro atoms. The molecule has 88 valence electrons. The van der Waals surface area contributed by atoms with Crippen molar-refractivity contribution in [3.8, 4) is 12.3 Å². The van der Waals surface area contributed by atoms with Crippen molar-refractivity contribution in [3.63, 3.8) is 0 Å². The normalized spacial score (nSPS) is 9.35. The molecule has 3 N–H and O–H groups in total. The minimum absolute atomic E-state index is 0.0133. The third kappa shape index (κ3) is 4.32. The lowest BCUT2D eigenvalue weighted by Crippen LogP contribution is -2.28. The number of aromatic carboxylic acids is 1. The molecule has 1 aromatic rings. The molecule has 6 heteroatoms. The van der Waals surface area contributed by atoms with Crippen molar-refractivity contribution in [2.24, 2.45) is 0 Å². The fraction of sp³-hybridized carbons (Fsp3) is 0.182. The number of hydrogen-bond donors (Lipinski definition) is 3. The van der Waals surface area contributed by atoms with Crippen molar-refractivity contribution < 1.29 is 14.7 Å². The van der Waals surface area contributed by atoms with Gasteiger partial charge in [0.25, 0.3) is 0 Å². The zero-order chi connectivity index (χ0) is 12.7. The highest BCUT2D eigenvalue weighted by Gasteiger charge is 2.06. The van der Waals surface area contributed by atoms with Gasteiger partial charge in [-0.05, 0) is 6.07 Å². The molecule has 0 aliphatic rings. The van der Waals surface area contributed by atoms with Crippen LogP contribution in [0.3, 0.4) is 0 Å². The van der Waals surface area contributed by atoms with Crippen LogP contribution in [0.4, 0.5) is 5.69 Å². The Hall–Kier alpha value is -2.39. The predicted octanol–water partition coefficient (Wildman–Crippen LogP) is -0.0589. The Morgan fingerprint density at radius 2 is 2.24 bits per heavy atom. The summed E-state index contributed by atoms with van der Waals surface area (Å²) in [7, 11) is 0. The van der Waals surface area contributed by atoms with Gasteiger partial charge in [-0.25, -0.2) is 4.79 Å².